The van der Waals surface area contributed by atoms with Crippen LogP contribution in [0.1, 0.15) is 29.6 Å². The highest BCUT2D eigenvalue weighted by atomic mass is 16.1. The lowest BCUT2D eigenvalue weighted by Gasteiger charge is -2.13. The van der Waals surface area contributed by atoms with Crippen molar-refractivity contribution in [3.63, 3.8) is 0 Å². The quantitative estimate of drug-likeness (QED) is 0.756. The van der Waals surface area contributed by atoms with Gasteiger partial charge in [-0.15, -0.1) is 0 Å². The van der Waals surface area contributed by atoms with E-state index in [0.29, 0.717) is 12.4 Å². The topological polar surface area (TPSA) is 75.6 Å². The molecule has 2 heterocycles. The minimum absolute atomic E-state index is 0.00478. The highest BCUT2D eigenvalue weighted by Crippen LogP contribution is 2.18. The van der Waals surface area contributed by atoms with Crippen LogP contribution in [0.5, 0.6) is 0 Å². The van der Waals surface area contributed by atoms with Gasteiger partial charge in [0.05, 0.1) is 29.7 Å². The van der Waals surface area contributed by atoms with E-state index in [9.17, 15) is 4.79 Å². The molecule has 0 bridgehead atoms. The molecule has 24 heavy (non-hydrogen) atoms. The summed E-state index contributed by atoms with van der Waals surface area (Å²) in [6.07, 6.45) is 2.16. The third kappa shape index (κ3) is 3.64. The lowest BCUT2D eigenvalue weighted by atomic mass is 10.1. The van der Waals surface area contributed by atoms with Crippen LogP contribution in [0.15, 0.2) is 24.4 Å². The Kier molecular flexibility index (Phi) is 4.38. The number of rotatable bonds is 5. The maximum atomic E-state index is 12.2. The van der Waals surface area contributed by atoms with Gasteiger partial charge in [0, 0.05) is 12.2 Å². The molecule has 126 valence electrons. The van der Waals surface area contributed by atoms with Crippen LogP contribution >= 0.6 is 0 Å². The number of fused-ring (bicyclic) bond motifs is 1. The van der Waals surface area contributed by atoms with Crippen molar-refractivity contribution in [2.45, 2.75) is 46.7 Å². The summed E-state index contributed by atoms with van der Waals surface area (Å²) in [7, 11) is 0. The number of benzene rings is 1. The van der Waals surface area contributed by atoms with Crippen LogP contribution in [-0.4, -0.2) is 31.7 Å². The smallest absolute Gasteiger partial charge is 0.227 e. The molecule has 0 aliphatic heterocycles. The Balaban J connectivity index is 1.63. The first-order valence-corrected chi connectivity index (χ1v) is 8.16. The van der Waals surface area contributed by atoms with Crippen molar-refractivity contribution in [1.29, 1.82) is 0 Å². The summed E-state index contributed by atoms with van der Waals surface area (Å²) < 4.78 is 1.84. The maximum Gasteiger partial charge on any atom is 0.227 e. The van der Waals surface area contributed by atoms with Crippen LogP contribution in [0.25, 0.3) is 11.0 Å². The van der Waals surface area contributed by atoms with E-state index in [2.05, 4.69) is 39.4 Å². The predicted octanol–water partition coefficient (Wildman–Crippen LogP) is 2.43. The first-order valence-electron chi connectivity index (χ1n) is 8.16. The van der Waals surface area contributed by atoms with E-state index in [1.54, 1.807) is 0 Å². The van der Waals surface area contributed by atoms with E-state index in [1.165, 1.54) is 5.56 Å². The molecule has 0 radical (unpaired) electrons. The number of nitrogens with zero attached hydrogens (tertiary/aromatic N) is 3. The molecule has 0 saturated heterocycles. The Morgan fingerprint density at radius 1 is 1.33 bits per heavy atom. The molecule has 0 spiro atoms. The number of hydrogen-bond acceptors (Lipinski definition) is 3. The highest BCUT2D eigenvalue weighted by Gasteiger charge is 2.13. The first kappa shape index (κ1) is 16.2. The Morgan fingerprint density at radius 2 is 2.12 bits per heavy atom. The summed E-state index contributed by atoms with van der Waals surface area (Å²) in [5.74, 6) is 0.651. The number of aryl methyl sites for hydroxylation is 3. The SMILES string of the molecule is Cc1cc(C)c2nc(CC(=O)NC(C)Cn3ccc(C)n3)[nH]c2c1. The second-order valence-electron chi connectivity index (χ2n) is 6.49. The number of H-pyrrole nitrogens is 1. The molecule has 3 rings (SSSR count). The number of nitrogens with one attached hydrogen (secondary N) is 2. The zero-order chi connectivity index (χ0) is 17.3. The van der Waals surface area contributed by atoms with Crippen molar-refractivity contribution < 1.29 is 4.79 Å². The number of aromatic amines is 1. The normalized spacial score (nSPS) is 12.5. The Labute approximate surface area is 141 Å². The maximum absolute atomic E-state index is 12.2. The summed E-state index contributed by atoms with van der Waals surface area (Å²) >= 11 is 0. The average Bonchev–Trinajstić information content (AvgIpc) is 3.04. The average molecular weight is 325 g/mol. The fourth-order valence-electron chi connectivity index (χ4n) is 2.97. The predicted molar refractivity (Wildman–Crippen MR) is 93.8 cm³/mol. The van der Waals surface area contributed by atoms with Gasteiger partial charge < -0.3 is 10.3 Å². The van der Waals surface area contributed by atoms with Crippen LogP contribution in [0.2, 0.25) is 0 Å². The van der Waals surface area contributed by atoms with E-state index in [1.807, 2.05) is 37.7 Å². The van der Waals surface area contributed by atoms with Crippen molar-refractivity contribution >= 4 is 16.9 Å². The fraction of sp³-hybridized carbons (Fsp3) is 0.389. The molecule has 6 nitrogen and oxygen atoms in total. The van der Waals surface area contributed by atoms with Crippen molar-refractivity contribution in [3.05, 3.63) is 47.0 Å². The minimum Gasteiger partial charge on any atom is -0.351 e. The molecule has 1 amide bonds. The standard InChI is InChI=1S/C18H23N5O/c1-11-7-12(2)18-15(8-11)20-16(21-18)9-17(24)19-14(4)10-23-6-5-13(3)22-23/h5-8,14H,9-10H2,1-4H3,(H,19,24)(H,20,21). The van der Waals surface area contributed by atoms with Gasteiger partial charge in [-0.3, -0.25) is 9.48 Å². The second-order valence-corrected chi connectivity index (χ2v) is 6.49. The Bertz CT molecular complexity index is 877. The van der Waals surface area contributed by atoms with Gasteiger partial charge in [0.1, 0.15) is 5.82 Å². The highest BCUT2D eigenvalue weighted by molar-refractivity contribution is 5.82. The van der Waals surface area contributed by atoms with Crippen LogP contribution in [0.3, 0.4) is 0 Å². The number of amides is 1. The molecule has 0 fully saturated rings. The van der Waals surface area contributed by atoms with Crippen molar-refractivity contribution in [1.82, 2.24) is 25.1 Å². The molecule has 1 unspecified atom stereocenters. The molecule has 2 N–H and O–H groups in total. The molecule has 1 aromatic carbocycles. The van der Waals surface area contributed by atoms with Gasteiger partial charge in [-0.05, 0) is 51.0 Å². The van der Waals surface area contributed by atoms with Gasteiger partial charge in [0.25, 0.3) is 0 Å². The van der Waals surface area contributed by atoms with Crippen LogP contribution in [0.4, 0.5) is 0 Å². The first-order chi connectivity index (χ1) is 11.4. The van der Waals surface area contributed by atoms with Gasteiger partial charge in [-0.2, -0.15) is 5.10 Å². The molecule has 3 aromatic rings. The summed E-state index contributed by atoms with van der Waals surface area (Å²) in [5, 5.41) is 7.33. The zero-order valence-electron chi connectivity index (χ0n) is 14.6. The fourth-order valence-corrected chi connectivity index (χ4v) is 2.97. The lowest BCUT2D eigenvalue weighted by molar-refractivity contribution is -0.121. The lowest BCUT2D eigenvalue weighted by Crippen LogP contribution is -2.36. The molecule has 0 aliphatic carbocycles. The van der Waals surface area contributed by atoms with Crippen molar-refractivity contribution in [2.24, 2.45) is 0 Å². The Hall–Kier alpha value is -2.63. The molecular weight excluding hydrogens is 302 g/mol. The number of carbonyl (C=O) groups is 1. The third-order valence-corrected chi connectivity index (χ3v) is 3.94. The monoisotopic (exact) mass is 325 g/mol. The number of carbonyl (C=O) groups excluding carboxylic acids is 1. The van der Waals surface area contributed by atoms with Crippen molar-refractivity contribution in [3.8, 4) is 0 Å². The minimum atomic E-state index is -0.0418. The molecule has 2 aromatic heterocycles. The molecule has 0 aliphatic rings. The van der Waals surface area contributed by atoms with Gasteiger partial charge in [0.15, 0.2) is 0 Å². The molecule has 6 heteroatoms. The molecular formula is C18H23N5O. The van der Waals surface area contributed by atoms with E-state index >= 15 is 0 Å². The van der Waals surface area contributed by atoms with Crippen LogP contribution in [0, 0.1) is 20.8 Å². The second kappa shape index (κ2) is 6.47. The Morgan fingerprint density at radius 3 is 2.83 bits per heavy atom. The van der Waals surface area contributed by atoms with Crippen LogP contribution < -0.4 is 5.32 Å². The summed E-state index contributed by atoms with van der Waals surface area (Å²) in [6, 6.07) is 6.11. The van der Waals surface area contributed by atoms with Crippen LogP contribution in [-0.2, 0) is 17.8 Å². The third-order valence-electron chi connectivity index (χ3n) is 3.94. The van der Waals surface area contributed by atoms with Gasteiger partial charge in [-0.25, -0.2) is 4.98 Å². The largest absolute Gasteiger partial charge is 0.351 e. The van der Waals surface area contributed by atoms with Gasteiger partial charge >= 0.3 is 0 Å². The van der Waals surface area contributed by atoms with E-state index in [4.69, 9.17) is 0 Å². The van der Waals surface area contributed by atoms with E-state index in [0.717, 1.165) is 22.3 Å². The number of hydrogen-bond donors (Lipinski definition) is 2. The molecule has 0 saturated carbocycles. The number of imidazole rings is 1. The summed E-state index contributed by atoms with van der Waals surface area (Å²) in [4.78, 5) is 20.0. The number of aromatic nitrogens is 4. The molecule has 1 atom stereocenters. The van der Waals surface area contributed by atoms with Gasteiger partial charge in [0.2, 0.25) is 5.91 Å². The summed E-state index contributed by atoms with van der Waals surface area (Å²) in [6.45, 7) is 8.66. The summed E-state index contributed by atoms with van der Waals surface area (Å²) in [5.41, 5.74) is 5.19. The van der Waals surface area contributed by atoms with Gasteiger partial charge in [-0.1, -0.05) is 6.07 Å². The van der Waals surface area contributed by atoms with E-state index < -0.39 is 0 Å². The van der Waals surface area contributed by atoms with E-state index in [-0.39, 0.29) is 18.4 Å². The van der Waals surface area contributed by atoms with Crippen molar-refractivity contribution in [2.75, 3.05) is 0 Å². The zero-order valence-corrected chi connectivity index (χ0v) is 14.6.